The molecule has 1 rings (SSSR count). The van der Waals surface area contributed by atoms with E-state index in [-0.39, 0.29) is 6.61 Å². The lowest BCUT2D eigenvalue weighted by atomic mass is 10.0. The van der Waals surface area contributed by atoms with Crippen molar-refractivity contribution in [3.63, 3.8) is 0 Å². The lowest BCUT2D eigenvalue weighted by Gasteiger charge is -2.11. The Hall–Kier alpha value is -1.02. The Labute approximate surface area is 111 Å². The molecule has 2 N–H and O–H groups in total. The van der Waals surface area contributed by atoms with E-state index in [1.165, 1.54) is 36.8 Å². The molecule has 0 aromatic heterocycles. The second-order valence-electron chi connectivity index (χ2n) is 4.90. The topological polar surface area (TPSA) is 32.3 Å². The number of aryl methyl sites for hydroxylation is 2. The van der Waals surface area contributed by atoms with Gasteiger partial charge in [0.2, 0.25) is 0 Å². The first kappa shape index (κ1) is 15.0. The Kier molecular flexibility index (Phi) is 7.51. The van der Waals surface area contributed by atoms with Crippen molar-refractivity contribution in [1.29, 1.82) is 0 Å². The van der Waals surface area contributed by atoms with Gasteiger partial charge in [-0.1, -0.05) is 32.8 Å². The summed E-state index contributed by atoms with van der Waals surface area (Å²) >= 11 is 0. The van der Waals surface area contributed by atoms with E-state index in [9.17, 15) is 0 Å². The fourth-order valence-electron chi connectivity index (χ4n) is 2.12. The number of rotatable bonds is 9. The molecule has 1 aromatic carbocycles. The van der Waals surface area contributed by atoms with Gasteiger partial charge in [-0.15, -0.1) is 0 Å². The van der Waals surface area contributed by atoms with E-state index < -0.39 is 0 Å². The third kappa shape index (κ3) is 5.54. The molecule has 0 aliphatic rings. The molecule has 0 heterocycles. The van der Waals surface area contributed by atoms with Gasteiger partial charge in [0.15, 0.2) is 0 Å². The molecule has 0 aliphatic carbocycles. The Morgan fingerprint density at radius 2 is 1.50 bits per heavy atom. The zero-order chi connectivity index (χ0) is 13.2. The highest BCUT2D eigenvalue weighted by Crippen LogP contribution is 2.18. The maximum absolute atomic E-state index is 8.89. The van der Waals surface area contributed by atoms with E-state index in [0.29, 0.717) is 6.54 Å². The van der Waals surface area contributed by atoms with Crippen molar-refractivity contribution in [2.75, 3.05) is 18.5 Å². The standard InChI is InChI=1S/C16H27NO/c1-3-5-7-14-11-15(8-6-4-2)13-16(12-14)17-9-10-18/h11-13,17-18H,3-10H2,1-2H3. The van der Waals surface area contributed by atoms with Crippen molar-refractivity contribution in [2.45, 2.75) is 52.4 Å². The van der Waals surface area contributed by atoms with E-state index >= 15 is 0 Å². The molecule has 102 valence electrons. The molecular weight excluding hydrogens is 222 g/mol. The normalized spacial score (nSPS) is 10.6. The maximum atomic E-state index is 8.89. The minimum absolute atomic E-state index is 0.184. The van der Waals surface area contributed by atoms with Crippen molar-refractivity contribution in [1.82, 2.24) is 0 Å². The summed E-state index contributed by atoms with van der Waals surface area (Å²) in [6.45, 7) is 5.27. The number of nitrogens with one attached hydrogen (secondary N) is 1. The molecule has 0 amide bonds. The van der Waals surface area contributed by atoms with Crippen molar-refractivity contribution in [2.24, 2.45) is 0 Å². The molecule has 0 spiro atoms. The first-order chi connectivity index (χ1) is 8.80. The molecule has 0 aliphatic heterocycles. The van der Waals surface area contributed by atoms with Crippen LogP contribution in [0.15, 0.2) is 18.2 Å². The van der Waals surface area contributed by atoms with Gasteiger partial charge in [0.1, 0.15) is 0 Å². The highest BCUT2D eigenvalue weighted by molar-refractivity contribution is 5.49. The summed E-state index contributed by atoms with van der Waals surface area (Å²) < 4.78 is 0. The van der Waals surface area contributed by atoms with E-state index in [4.69, 9.17) is 5.11 Å². The first-order valence-electron chi connectivity index (χ1n) is 7.27. The molecular formula is C16H27NO. The van der Waals surface area contributed by atoms with Crippen molar-refractivity contribution >= 4 is 5.69 Å². The predicted molar refractivity (Wildman–Crippen MR) is 79.2 cm³/mol. The van der Waals surface area contributed by atoms with Crippen LogP contribution in [0.25, 0.3) is 0 Å². The molecule has 0 saturated carbocycles. The number of benzene rings is 1. The summed E-state index contributed by atoms with van der Waals surface area (Å²) in [6.07, 6.45) is 7.28. The number of unbranched alkanes of at least 4 members (excludes halogenated alkanes) is 2. The third-order valence-corrected chi connectivity index (χ3v) is 3.13. The van der Waals surface area contributed by atoms with Gasteiger partial charge < -0.3 is 10.4 Å². The van der Waals surface area contributed by atoms with Crippen molar-refractivity contribution in [3.05, 3.63) is 29.3 Å². The number of hydrogen-bond acceptors (Lipinski definition) is 2. The molecule has 0 fully saturated rings. The number of aliphatic hydroxyl groups is 1. The van der Waals surface area contributed by atoms with Crippen LogP contribution in [0.1, 0.15) is 50.7 Å². The van der Waals surface area contributed by atoms with E-state index in [0.717, 1.165) is 18.5 Å². The fourth-order valence-corrected chi connectivity index (χ4v) is 2.12. The molecule has 0 radical (unpaired) electrons. The van der Waals surface area contributed by atoms with Crippen LogP contribution in [0.3, 0.4) is 0 Å². The summed E-state index contributed by atoms with van der Waals surface area (Å²) in [4.78, 5) is 0. The summed E-state index contributed by atoms with van der Waals surface area (Å²) in [5.41, 5.74) is 4.00. The highest BCUT2D eigenvalue weighted by atomic mass is 16.3. The summed E-state index contributed by atoms with van der Waals surface area (Å²) in [5.74, 6) is 0. The Morgan fingerprint density at radius 3 is 1.94 bits per heavy atom. The summed E-state index contributed by atoms with van der Waals surface area (Å²) in [5, 5.41) is 12.2. The van der Waals surface area contributed by atoms with Crippen LogP contribution in [0.4, 0.5) is 5.69 Å². The summed E-state index contributed by atoms with van der Waals surface area (Å²) in [7, 11) is 0. The van der Waals surface area contributed by atoms with Gasteiger partial charge in [-0.3, -0.25) is 0 Å². The van der Waals surface area contributed by atoms with E-state index in [1.54, 1.807) is 0 Å². The maximum Gasteiger partial charge on any atom is 0.0604 e. The second kappa shape index (κ2) is 8.98. The van der Waals surface area contributed by atoms with Gasteiger partial charge in [-0.2, -0.15) is 0 Å². The predicted octanol–water partition coefficient (Wildman–Crippen LogP) is 3.78. The smallest absolute Gasteiger partial charge is 0.0604 e. The number of hydrogen-bond donors (Lipinski definition) is 2. The van der Waals surface area contributed by atoms with Gasteiger partial charge >= 0.3 is 0 Å². The van der Waals surface area contributed by atoms with Crippen LogP contribution in [0, 0.1) is 0 Å². The molecule has 1 aromatic rings. The van der Waals surface area contributed by atoms with Crippen LogP contribution in [-0.2, 0) is 12.8 Å². The number of anilines is 1. The highest BCUT2D eigenvalue weighted by Gasteiger charge is 2.01. The Balaban J connectivity index is 2.74. The molecule has 18 heavy (non-hydrogen) atoms. The van der Waals surface area contributed by atoms with Gasteiger partial charge in [-0.25, -0.2) is 0 Å². The zero-order valence-electron chi connectivity index (χ0n) is 11.8. The van der Waals surface area contributed by atoms with E-state index in [1.807, 2.05) is 0 Å². The quantitative estimate of drug-likeness (QED) is 0.698. The minimum Gasteiger partial charge on any atom is -0.395 e. The lowest BCUT2D eigenvalue weighted by molar-refractivity contribution is 0.311. The monoisotopic (exact) mass is 249 g/mol. The molecule has 2 nitrogen and oxygen atoms in total. The van der Waals surface area contributed by atoms with Crippen LogP contribution in [-0.4, -0.2) is 18.3 Å². The average molecular weight is 249 g/mol. The molecule has 2 heteroatoms. The van der Waals surface area contributed by atoms with Crippen molar-refractivity contribution in [3.8, 4) is 0 Å². The molecule has 0 bridgehead atoms. The van der Waals surface area contributed by atoms with E-state index in [2.05, 4.69) is 37.4 Å². The SMILES string of the molecule is CCCCc1cc(CCCC)cc(NCCO)c1. The Morgan fingerprint density at radius 1 is 0.944 bits per heavy atom. The fraction of sp³-hybridized carbons (Fsp3) is 0.625. The Bertz CT molecular complexity index is 271. The van der Waals surface area contributed by atoms with Gasteiger partial charge in [-0.05, 0) is 48.9 Å². The van der Waals surface area contributed by atoms with Crippen LogP contribution < -0.4 is 5.32 Å². The van der Waals surface area contributed by atoms with Gasteiger partial charge in [0.25, 0.3) is 0 Å². The first-order valence-corrected chi connectivity index (χ1v) is 7.27. The minimum atomic E-state index is 0.184. The van der Waals surface area contributed by atoms with Crippen LogP contribution in [0.5, 0.6) is 0 Å². The average Bonchev–Trinajstić information content (AvgIpc) is 2.40. The largest absolute Gasteiger partial charge is 0.395 e. The van der Waals surface area contributed by atoms with Crippen LogP contribution >= 0.6 is 0 Å². The van der Waals surface area contributed by atoms with Gasteiger partial charge in [0.05, 0.1) is 6.61 Å². The van der Waals surface area contributed by atoms with Gasteiger partial charge in [0, 0.05) is 12.2 Å². The number of aliphatic hydroxyl groups excluding tert-OH is 1. The zero-order valence-corrected chi connectivity index (χ0v) is 11.8. The lowest BCUT2D eigenvalue weighted by Crippen LogP contribution is -2.06. The third-order valence-electron chi connectivity index (χ3n) is 3.13. The second-order valence-corrected chi connectivity index (χ2v) is 4.90. The molecule has 0 unspecified atom stereocenters. The van der Waals surface area contributed by atoms with Crippen LogP contribution in [0.2, 0.25) is 0 Å². The summed E-state index contributed by atoms with van der Waals surface area (Å²) in [6, 6.07) is 6.79. The van der Waals surface area contributed by atoms with Crippen molar-refractivity contribution < 1.29 is 5.11 Å². The molecule has 0 atom stereocenters. The molecule has 0 saturated heterocycles.